The third-order valence-electron chi connectivity index (χ3n) is 4.24. The summed E-state index contributed by atoms with van der Waals surface area (Å²) in [6.07, 6.45) is 3.18. The van der Waals surface area contributed by atoms with Crippen LogP contribution in [0.5, 0.6) is 0 Å². The normalized spacial score (nSPS) is 22.9. The second-order valence-electron chi connectivity index (χ2n) is 6.30. The molecule has 1 aliphatic heterocycles. The molecule has 3 atom stereocenters. The molecule has 0 aromatic heterocycles. The Morgan fingerprint density at radius 2 is 2.10 bits per heavy atom. The minimum Gasteiger partial charge on any atom is -0.389 e. The standard InChI is InChI=1S/C18H29NO2/c1-3-18(16-9-5-4-6-10-16)21-14-17(20)13-19-11-7-8-15(2)12-19/h4-6,9-10,15,17-18,20H,3,7-8,11-14H2,1-2H3/t15-,17+,18+/m1/s1. The molecule has 0 amide bonds. The van der Waals surface area contributed by atoms with Gasteiger partial charge in [0.15, 0.2) is 0 Å². The Labute approximate surface area is 128 Å². The molecule has 0 radical (unpaired) electrons. The summed E-state index contributed by atoms with van der Waals surface area (Å²) in [5, 5.41) is 10.2. The van der Waals surface area contributed by atoms with Crippen molar-refractivity contribution in [3.63, 3.8) is 0 Å². The lowest BCUT2D eigenvalue weighted by Gasteiger charge is -2.32. The van der Waals surface area contributed by atoms with Crippen molar-refractivity contribution in [1.82, 2.24) is 4.90 Å². The molecule has 21 heavy (non-hydrogen) atoms. The molecule has 1 aliphatic rings. The minimum atomic E-state index is -0.395. The second-order valence-corrected chi connectivity index (χ2v) is 6.30. The molecule has 0 bridgehead atoms. The van der Waals surface area contributed by atoms with E-state index in [4.69, 9.17) is 4.74 Å². The van der Waals surface area contributed by atoms with Gasteiger partial charge < -0.3 is 14.7 Å². The van der Waals surface area contributed by atoms with Gasteiger partial charge in [-0.05, 0) is 37.3 Å². The monoisotopic (exact) mass is 291 g/mol. The van der Waals surface area contributed by atoms with E-state index in [-0.39, 0.29) is 6.10 Å². The van der Waals surface area contributed by atoms with Crippen LogP contribution in [0.4, 0.5) is 0 Å². The Morgan fingerprint density at radius 1 is 1.33 bits per heavy atom. The number of hydrogen-bond donors (Lipinski definition) is 1. The molecule has 1 N–H and O–H groups in total. The first-order valence-electron chi connectivity index (χ1n) is 8.26. The zero-order chi connectivity index (χ0) is 15.1. The summed E-state index contributed by atoms with van der Waals surface area (Å²) < 4.78 is 5.93. The number of piperidine rings is 1. The van der Waals surface area contributed by atoms with E-state index in [1.54, 1.807) is 0 Å². The van der Waals surface area contributed by atoms with Crippen LogP contribution in [0.25, 0.3) is 0 Å². The fourth-order valence-corrected chi connectivity index (χ4v) is 3.15. The highest BCUT2D eigenvalue weighted by atomic mass is 16.5. The van der Waals surface area contributed by atoms with Crippen molar-refractivity contribution in [3.8, 4) is 0 Å². The maximum absolute atomic E-state index is 10.2. The first-order chi connectivity index (χ1) is 10.2. The quantitative estimate of drug-likeness (QED) is 0.837. The SMILES string of the molecule is CC[C@H](OC[C@@H](O)CN1CCC[C@@H](C)C1)c1ccccc1. The zero-order valence-corrected chi connectivity index (χ0v) is 13.4. The Kier molecular flexibility index (Phi) is 6.68. The number of benzene rings is 1. The number of aliphatic hydroxyl groups excluding tert-OH is 1. The van der Waals surface area contributed by atoms with Crippen molar-refractivity contribution in [2.24, 2.45) is 5.92 Å². The lowest BCUT2D eigenvalue weighted by Crippen LogP contribution is -2.40. The molecule has 118 valence electrons. The first-order valence-corrected chi connectivity index (χ1v) is 8.26. The number of likely N-dealkylation sites (tertiary alicyclic amines) is 1. The highest BCUT2D eigenvalue weighted by molar-refractivity contribution is 5.17. The van der Waals surface area contributed by atoms with Crippen molar-refractivity contribution in [2.45, 2.75) is 45.3 Å². The highest BCUT2D eigenvalue weighted by Crippen LogP contribution is 2.21. The van der Waals surface area contributed by atoms with Gasteiger partial charge in [0.2, 0.25) is 0 Å². The number of ether oxygens (including phenoxy) is 1. The molecular weight excluding hydrogens is 262 g/mol. The second kappa shape index (κ2) is 8.52. The molecule has 3 heteroatoms. The number of hydrogen-bond acceptors (Lipinski definition) is 3. The summed E-state index contributed by atoms with van der Waals surface area (Å²) in [7, 11) is 0. The van der Waals surface area contributed by atoms with E-state index in [1.807, 2.05) is 18.2 Å². The summed E-state index contributed by atoms with van der Waals surface area (Å²) in [6.45, 7) is 7.77. The summed E-state index contributed by atoms with van der Waals surface area (Å²) in [5.41, 5.74) is 1.19. The van der Waals surface area contributed by atoms with Crippen LogP contribution in [-0.2, 0) is 4.74 Å². The van der Waals surface area contributed by atoms with Crippen LogP contribution in [0.15, 0.2) is 30.3 Å². The predicted octanol–water partition coefficient (Wildman–Crippen LogP) is 3.25. The highest BCUT2D eigenvalue weighted by Gasteiger charge is 2.20. The van der Waals surface area contributed by atoms with Gasteiger partial charge in [0.1, 0.15) is 0 Å². The molecular formula is C18H29NO2. The van der Waals surface area contributed by atoms with Crippen molar-refractivity contribution in [2.75, 3.05) is 26.2 Å². The van der Waals surface area contributed by atoms with E-state index in [2.05, 4.69) is 30.9 Å². The largest absolute Gasteiger partial charge is 0.389 e. The van der Waals surface area contributed by atoms with Gasteiger partial charge in [-0.25, -0.2) is 0 Å². The van der Waals surface area contributed by atoms with Crippen molar-refractivity contribution in [1.29, 1.82) is 0 Å². The molecule has 1 heterocycles. The number of rotatable bonds is 7. The molecule has 0 aliphatic carbocycles. The summed E-state index contributed by atoms with van der Waals surface area (Å²) in [4.78, 5) is 2.37. The van der Waals surface area contributed by atoms with Crippen molar-refractivity contribution >= 4 is 0 Å². The van der Waals surface area contributed by atoms with Crippen LogP contribution in [0.2, 0.25) is 0 Å². The zero-order valence-electron chi connectivity index (χ0n) is 13.4. The van der Waals surface area contributed by atoms with Crippen LogP contribution in [0.1, 0.15) is 44.8 Å². The smallest absolute Gasteiger partial charge is 0.0900 e. The summed E-state index contributed by atoms with van der Waals surface area (Å²) in [6, 6.07) is 10.3. The summed E-state index contributed by atoms with van der Waals surface area (Å²) in [5.74, 6) is 0.750. The first kappa shape index (κ1) is 16.5. The fourth-order valence-electron chi connectivity index (χ4n) is 3.15. The van der Waals surface area contributed by atoms with Crippen LogP contribution in [0.3, 0.4) is 0 Å². The maximum atomic E-state index is 10.2. The Balaban J connectivity index is 1.76. The van der Waals surface area contributed by atoms with Gasteiger partial charge in [-0.1, -0.05) is 44.2 Å². The Hall–Kier alpha value is -0.900. The van der Waals surface area contributed by atoms with Gasteiger partial charge in [0, 0.05) is 13.1 Å². The molecule has 3 nitrogen and oxygen atoms in total. The van der Waals surface area contributed by atoms with Crippen LogP contribution in [-0.4, -0.2) is 42.4 Å². The fraction of sp³-hybridized carbons (Fsp3) is 0.667. The number of β-amino-alcohol motifs (C(OH)–C–C–N with tert-alkyl or cyclic N) is 1. The van der Waals surface area contributed by atoms with E-state index < -0.39 is 6.10 Å². The van der Waals surface area contributed by atoms with Crippen LogP contribution < -0.4 is 0 Å². The average Bonchev–Trinajstić information content (AvgIpc) is 2.49. The molecule has 2 rings (SSSR count). The minimum absolute atomic E-state index is 0.0844. The molecule has 1 aromatic rings. The predicted molar refractivity (Wildman–Crippen MR) is 86.3 cm³/mol. The Bertz CT molecular complexity index is 395. The van der Waals surface area contributed by atoms with Crippen molar-refractivity contribution < 1.29 is 9.84 Å². The molecule has 0 unspecified atom stereocenters. The van der Waals surface area contributed by atoms with Gasteiger partial charge in [-0.3, -0.25) is 0 Å². The molecule has 1 fully saturated rings. The van der Waals surface area contributed by atoms with E-state index >= 15 is 0 Å². The Morgan fingerprint density at radius 3 is 2.76 bits per heavy atom. The third-order valence-corrected chi connectivity index (χ3v) is 4.24. The van der Waals surface area contributed by atoms with Gasteiger partial charge in [0.25, 0.3) is 0 Å². The van der Waals surface area contributed by atoms with E-state index in [0.29, 0.717) is 6.61 Å². The maximum Gasteiger partial charge on any atom is 0.0900 e. The van der Waals surface area contributed by atoms with E-state index in [1.165, 1.54) is 18.4 Å². The molecule has 1 saturated heterocycles. The van der Waals surface area contributed by atoms with Gasteiger partial charge in [-0.2, -0.15) is 0 Å². The van der Waals surface area contributed by atoms with Crippen LogP contribution >= 0.6 is 0 Å². The van der Waals surface area contributed by atoms with Gasteiger partial charge >= 0.3 is 0 Å². The topological polar surface area (TPSA) is 32.7 Å². The lowest BCUT2D eigenvalue weighted by molar-refractivity contribution is -0.0271. The van der Waals surface area contributed by atoms with Crippen LogP contribution in [0, 0.1) is 5.92 Å². The van der Waals surface area contributed by atoms with E-state index in [9.17, 15) is 5.11 Å². The van der Waals surface area contributed by atoms with Gasteiger partial charge in [-0.15, -0.1) is 0 Å². The molecule has 0 spiro atoms. The molecule has 1 aromatic carbocycles. The number of aliphatic hydroxyl groups is 1. The van der Waals surface area contributed by atoms with E-state index in [0.717, 1.165) is 32.0 Å². The summed E-state index contributed by atoms with van der Waals surface area (Å²) >= 11 is 0. The number of nitrogens with zero attached hydrogens (tertiary/aromatic N) is 1. The molecule has 0 saturated carbocycles. The lowest BCUT2D eigenvalue weighted by atomic mass is 10.00. The average molecular weight is 291 g/mol. The van der Waals surface area contributed by atoms with Gasteiger partial charge in [0.05, 0.1) is 18.8 Å². The third kappa shape index (κ3) is 5.42. The van der Waals surface area contributed by atoms with Crippen molar-refractivity contribution in [3.05, 3.63) is 35.9 Å².